The predicted octanol–water partition coefficient (Wildman–Crippen LogP) is 2.62. The molecule has 2 aromatic rings. The molecule has 8 heteroatoms. The van der Waals surface area contributed by atoms with E-state index in [0.717, 1.165) is 18.3 Å². The topological polar surface area (TPSA) is 103 Å². The third kappa shape index (κ3) is 2.69. The quantitative estimate of drug-likeness (QED) is 0.681. The number of pyridine rings is 1. The average molecular weight is 278 g/mol. The van der Waals surface area contributed by atoms with Crippen molar-refractivity contribution in [3.63, 3.8) is 0 Å². The SMILES string of the molecule is O=C(O)c1c(F)cccc1Oc1ccc([N+](=O)[O-])cn1. The minimum Gasteiger partial charge on any atom is -0.477 e. The number of carbonyl (C=O) groups is 1. The Morgan fingerprint density at radius 2 is 2.10 bits per heavy atom. The van der Waals surface area contributed by atoms with Crippen LogP contribution in [0.1, 0.15) is 10.4 Å². The van der Waals surface area contributed by atoms with E-state index in [9.17, 15) is 19.3 Å². The molecule has 0 spiro atoms. The van der Waals surface area contributed by atoms with Gasteiger partial charge < -0.3 is 9.84 Å². The Morgan fingerprint density at radius 1 is 1.35 bits per heavy atom. The van der Waals surface area contributed by atoms with Crippen LogP contribution in [0.25, 0.3) is 0 Å². The van der Waals surface area contributed by atoms with Crippen molar-refractivity contribution in [1.82, 2.24) is 4.98 Å². The highest BCUT2D eigenvalue weighted by molar-refractivity contribution is 5.91. The van der Waals surface area contributed by atoms with Crippen LogP contribution in [-0.2, 0) is 0 Å². The second-order valence-corrected chi connectivity index (χ2v) is 3.63. The molecular weight excluding hydrogens is 271 g/mol. The van der Waals surface area contributed by atoms with E-state index in [0.29, 0.717) is 0 Å². The normalized spacial score (nSPS) is 10.1. The van der Waals surface area contributed by atoms with Crippen LogP contribution < -0.4 is 4.74 Å². The molecule has 0 aliphatic rings. The van der Waals surface area contributed by atoms with Crippen molar-refractivity contribution < 1.29 is 24.0 Å². The molecule has 102 valence electrons. The molecule has 1 aromatic heterocycles. The van der Waals surface area contributed by atoms with Gasteiger partial charge in [0.15, 0.2) is 0 Å². The number of rotatable bonds is 4. The van der Waals surface area contributed by atoms with Crippen LogP contribution in [0.3, 0.4) is 0 Å². The third-order valence-corrected chi connectivity index (χ3v) is 2.34. The number of halogens is 1. The van der Waals surface area contributed by atoms with E-state index in [1.165, 1.54) is 18.2 Å². The number of aromatic carboxylic acids is 1. The largest absolute Gasteiger partial charge is 0.477 e. The Morgan fingerprint density at radius 3 is 2.65 bits per heavy atom. The molecule has 1 aromatic carbocycles. The number of hydrogen-bond donors (Lipinski definition) is 1. The van der Waals surface area contributed by atoms with Crippen molar-refractivity contribution in [3.8, 4) is 11.6 Å². The Hall–Kier alpha value is -3.03. The Bertz CT molecular complexity index is 672. The van der Waals surface area contributed by atoms with Crippen LogP contribution in [0.15, 0.2) is 36.5 Å². The van der Waals surface area contributed by atoms with Gasteiger partial charge in [-0.3, -0.25) is 10.1 Å². The van der Waals surface area contributed by atoms with Gasteiger partial charge in [-0.1, -0.05) is 6.07 Å². The number of carboxylic acid groups (broad SMARTS) is 1. The summed E-state index contributed by atoms with van der Waals surface area (Å²) >= 11 is 0. The van der Waals surface area contributed by atoms with Gasteiger partial charge in [-0.05, 0) is 12.1 Å². The lowest BCUT2D eigenvalue weighted by atomic mass is 10.2. The number of benzene rings is 1. The van der Waals surface area contributed by atoms with Gasteiger partial charge in [0.25, 0.3) is 5.69 Å². The molecule has 0 saturated heterocycles. The predicted molar refractivity (Wildman–Crippen MR) is 64.3 cm³/mol. The lowest BCUT2D eigenvalue weighted by Gasteiger charge is -2.07. The van der Waals surface area contributed by atoms with Gasteiger partial charge >= 0.3 is 5.97 Å². The highest BCUT2D eigenvalue weighted by Gasteiger charge is 2.18. The fraction of sp³-hybridized carbons (Fsp3) is 0. The van der Waals surface area contributed by atoms with Crippen LogP contribution in [0, 0.1) is 15.9 Å². The molecule has 0 saturated carbocycles. The van der Waals surface area contributed by atoms with E-state index in [2.05, 4.69) is 4.98 Å². The maximum absolute atomic E-state index is 13.4. The van der Waals surface area contributed by atoms with Gasteiger partial charge in [-0.15, -0.1) is 0 Å². The van der Waals surface area contributed by atoms with Crippen LogP contribution in [0.5, 0.6) is 11.6 Å². The zero-order valence-corrected chi connectivity index (χ0v) is 9.82. The molecule has 0 atom stereocenters. The number of nitrogens with zero attached hydrogens (tertiary/aromatic N) is 2. The van der Waals surface area contributed by atoms with Gasteiger partial charge in [-0.25, -0.2) is 14.2 Å². The second-order valence-electron chi connectivity index (χ2n) is 3.63. The second kappa shape index (κ2) is 5.31. The summed E-state index contributed by atoms with van der Waals surface area (Å²) in [4.78, 5) is 24.4. The summed E-state index contributed by atoms with van der Waals surface area (Å²) < 4.78 is 18.5. The summed E-state index contributed by atoms with van der Waals surface area (Å²) in [5, 5.41) is 19.4. The Labute approximate surface area is 111 Å². The molecule has 0 fully saturated rings. The highest BCUT2D eigenvalue weighted by atomic mass is 19.1. The molecule has 0 radical (unpaired) electrons. The minimum absolute atomic E-state index is 0.0799. The van der Waals surface area contributed by atoms with Crippen molar-refractivity contribution >= 4 is 11.7 Å². The van der Waals surface area contributed by atoms with Crippen LogP contribution >= 0.6 is 0 Å². The van der Waals surface area contributed by atoms with Gasteiger partial charge in [0.05, 0.1) is 4.92 Å². The first-order valence-corrected chi connectivity index (χ1v) is 5.29. The van der Waals surface area contributed by atoms with Crippen molar-refractivity contribution in [2.45, 2.75) is 0 Å². The van der Waals surface area contributed by atoms with E-state index in [-0.39, 0.29) is 17.3 Å². The van der Waals surface area contributed by atoms with Gasteiger partial charge in [-0.2, -0.15) is 0 Å². The summed E-state index contributed by atoms with van der Waals surface area (Å²) in [7, 11) is 0. The maximum atomic E-state index is 13.4. The molecule has 1 heterocycles. The lowest BCUT2D eigenvalue weighted by Crippen LogP contribution is -2.04. The molecule has 0 unspecified atom stereocenters. The van der Waals surface area contributed by atoms with Crippen LogP contribution in [-0.4, -0.2) is 21.0 Å². The number of aromatic nitrogens is 1. The minimum atomic E-state index is -1.49. The zero-order chi connectivity index (χ0) is 14.7. The molecule has 20 heavy (non-hydrogen) atoms. The summed E-state index contributed by atoms with van der Waals surface area (Å²) in [5.74, 6) is -2.75. The fourth-order valence-electron chi connectivity index (χ4n) is 1.45. The van der Waals surface area contributed by atoms with E-state index in [1.54, 1.807) is 0 Å². The lowest BCUT2D eigenvalue weighted by molar-refractivity contribution is -0.385. The standard InChI is InChI=1S/C12H7FN2O5/c13-8-2-1-3-9(11(8)12(16)17)20-10-5-4-7(6-14-10)15(18)19/h1-6H,(H,16,17). The molecular formula is C12H7FN2O5. The number of ether oxygens (including phenoxy) is 1. The molecule has 1 N–H and O–H groups in total. The van der Waals surface area contributed by atoms with E-state index in [4.69, 9.17) is 9.84 Å². The maximum Gasteiger partial charge on any atom is 0.342 e. The van der Waals surface area contributed by atoms with Crippen molar-refractivity contribution in [3.05, 3.63) is 58.0 Å². The Balaban J connectivity index is 2.33. The first-order chi connectivity index (χ1) is 9.49. The monoisotopic (exact) mass is 278 g/mol. The zero-order valence-electron chi connectivity index (χ0n) is 9.82. The molecule has 0 amide bonds. The van der Waals surface area contributed by atoms with Crippen molar-refractivity contribution in [2.75, 3.05) is 0 Å². The summed E-state index contributed by atoms with van der Waals surface area (Å²) in [5.41, 5.74) is -0.872. The van der Waals surface area contributed by atoms with Gasteiger partial charge in [0.1, 0.15) is 23.3 Å². The fourth-order valence-corrected chi connectivity index (χ4v) is 1.45. The number of nitro groups is 1. The highest BCUT2D eigenvalue weighted by Crippen LogP contribution is 2.26. The molecule has 0 bridgehead atoms. The summed E-state index contributed by atoms with van der Waals surface area (Å²) in [6.45, 7) is 0. The van der Waals surface area contributed by atoms with E-state index >= 15 is 0 Å². The number of carboxylic acids is 1. The van der Waals surface area contributed by atoms with Crippen LogP contribution in [0.2, 0.25) is 0 Å². The third-order valence-electron chi connectivity index (χ3n) is 2.34. The molecule has 2 rings (SSSR count). The van der Waals surface area contributed by atoms with Crippen molar-refractivity contribution in [1.29, 1.82) is 0 Å². The average Bonchev–Trinajstić information content (AvgIpc) is 2.39. The van der Waals surface area contributed by atoms with E-state index in [1.807, 2.05) is 0 Å². The first kappa shape index (κ1) is 13.4. The van der Waals surface area contributed by atoms with Crippen LogP contribution in [0.4, 0.5) is 10.1 Å². The molecule has 0 aliphatic carbocycles. The van der Waals surface area contributed by atoms with E-state index < -0.39 is 22.3 Å². The summed E-state index contributed by atoms with van der Waals surface area (Å²) in [6, 6.07) is 5.86. The number of hydrogen-bond acceptors (Lipinski definition) is 5. The smallest absolute Gasteiger partial charge is 0.342 e. The van der Waals surface area contributed by atoms with Gasteiger partial charge in [0.2, 0.25) is 5.88 Å². The summed E-state index contributed by atoms with van der Waals surface area (Å²) in [6.07, 6.45) is 0.953. The Kier molecular flexibility index (Phi) is 3.56. The van der Waals surface area contributed by atoms with Crippen molar-refractivity contribution in [2.24, 2.45) is 0 Å². The van der Waals surface area contributed by atoms with Gasteiger partial charge in [0, 0.05) is 12.1 Å². The molecule has 0 aliphatic heterocycles. The molecule has 7 nitrogen and oxygen atoms in total. The first-order valence-electron chi connectivity index (χ1n) is 5.29.